The van der Waals surface area contributed by atoms with Crippen LogP contribution in [0.25, 0.3) is 0 Å². The van der Waals surface area contributed by atoms with E-state index in [2.05, 4.69) is 36.4 Å². The lowest BCUT2D eigenvalue weighted by Gasteiger charge is -2.28. The molecule has 0 saturated carbocycles. The number of nitrogens with one attached hydrogen (secondary N) is 2. The lowest BCUT2D eigenvalue weighted by Crippen LogP contribution is -2.41. The molecule has 17 heavy (non-hydrogen) atoms. The molecule has 1 rings (SSSR count). The Hall–Kier alpha value is -1.58. The molecule has 0 radical (unpaired) electrons. The molecule has 1 aromatic heterocycles. The van der Waals surface area contributed by atoms with Gasteiger partial charge < -0.3 is 10.6 Å². The van der Waals surface area contributed by atoms with Crippen molar-refractivity contribution in [3.05, 3.63) is 24.0 Å². The summed E-state index contributed by atoms with van der Waals surface area (Å²) in [5.41, 5.74) is 1.41. The average molecular weight is 235 g/mol. The standard InChI is InChI=1S/C13H21N3O/c1-9(13(2,3)4)16-12(17)10-6-7-15-8-11(10)14-5/h6-9,14H,1-5H3,(H,16,17). The normalized spacial score (nSPS) is 13.0. The number of carbonyl (C=O) groups excluding carboxylic acids is 1. The maximum atomic E-state index is 12.1. The van der Waals surface area contributed by atoms with E-state index in [4.69, 9.17) is 0 Å². The summed E-state index contributed by atoms with van der Waals surface area (Å²) in [6.45, 7) is 8.31. The molecule has 0 saturated heterocycles. The minimum atomic E-state index is -0.0702. The number of amides is 1. The first-order valence-electron chi connectivity index (χ1n) is 5.79. The van der Waals surface area contributed by atoms with Crippen LogP contribution in [-0.4, -0.2) is 24.0 Å². The van der Waals surface area contributed by atoms with Crippen molar-refractivity contribution in [3.8, 4) is 0 Å². The van der Waals surface area contributed by atoms with E-state index in [1.54, 1.807) is 25.5 Å². The van der Waals surface area contributed by atoms with E-state index in [1.165, 1.54) is 0 Å². The molecule has 94 valence electrons. The fourth-order valence-electron chi connectivity index (χ4n) is 1.28. The quantitative estimate of drug-likeness (QED) is 0.845. The van der Waals surface area contributed by atoms with Crippen molar-refractivity contribution in [2.45, 2.75) is 33.7 Å². The monoisotopic (exact) mass is 235 g/mol. The SMILES string of the molecule is CNc1cnccc1C(=O)NC(C)C(C)(C)C. The Morgan fingerprint density at radius 1 is 1.41 bits per heavy atom. The van der Waals surface area contributed by atoms with E-state index in [0.717, 1.165) is 5.69 Å². The van der Waals surface area contributed by atoms with Gasteiger partial charge in [0.25, 0.3) is 5.91 Å². The fraction of sp³-hybridized carbons (Fsp3) is 0.538. The molecule has 1 atom stereocenters. The summed E-state index contributed by atoms with van der Waals surface area (Å²) in [6.07, 6.45) is 3.27. The minimum absolute atomic E-state index is 0.0441. The molecule has 0 bridgehead atoms. The molecule has 1 heterocycles. The van der Waals surface area contributed by atoms with Gasteiger partial charge in [-0.3, -0.25) is 9.78 Å². The van der Waals surface area contributed by atoms with Gasteiger partial charge in [-0.1, -0.05) is 20.8 Å². The maximum absolute atomic E-state index is 12.1. The van der Waals surface area contributed by atoms with Gasteiger partial charge in [0, 0.05) is 19.3 Å². The Bertz CT molecular complexity index is 396. The van der Waals surface area contributed by atoms with Crippen molar-refractivity contribution >= 4 is 11.6 Å². The van der Waals surface area contributed by atoms with Crippen LogP contribution in [0.15, 0.2) is 18.5 Å². The van der Waals surface area contributed by atoms with Crippen LogP contribution in [0.4, 0.5) is 5.69 Å². The number of rotatable bonds is 3. The van der Waals surface area contributed by atoms with Crippen molar-refractivity contribution in [2.75, 3.05) is 12.4 Å². The zero-order valence-electron chi connectivity index (χ0n) is 11.2. The van der Waals surface area contributed by atoms with Crippen molar-refractivity contribution in [1.82, 2.24) is 10.3 Å². The van der Waals surface area contributed by atoms with Gasteiger partial charge in [-0.2, -0.15) is 0 Å². The van der Waals surface area contributed by atoms with E-state index >= 15 is 0 Å². The van der Waals surface area contributed by atoms with Crippen molar-refractivity contribution in [3.63, 3.8) is 0 Å². The predicted molar refractivity (Wildman–Crippen MR) is 70.2 cm³/mol. The van der Waals surface area contributed by atoms with E-state index in [0.29, 0.717) is 5.56 Å². The summed E-state index contributed by atoms with van der Waals surface area (Å²) < 4.78 is 0. The van der Waals surface area contributed by atoms with Crippen LogP contribution in [0.2, 0.25) is 0 Å². The molecule has 1 unspecified atom stereocenters. The molecular weight excluding hydrogens is 214 g/mol. The Kier molecular flexibility index (Phi) is 4.10. The highest BCUT2D eigenvalue weighted by Gasteiger charge is 2.22. The molecule has 0 aliphatic heterocycles. The number of aromatic nitrogens is 1. The molecule has 0 spiro atoms. The van der Waals surface area contributed by atoms with Crippen LogP contribution in [0.5, 0.6) is 0 Å². The van der Waals surface area contributed by atoms with Crippen molar-refractivity contribution in [1.29, 1.82) is 0 Å². The summed E-state index contributed by atoms with van der Waals surface area (Å²) in [5, 5.41) is 5.97. The van der Waals surface area contributed by atoms with Gasteiger partial charge in [0.1, 0.15) is 0 Å². The second kappa shape index (κ2) is 5.17. The summed E-state index contributed by atoms with van der Waals surface area (Å²) in [6, 6.07) is 1.82. The van der Waals surface area contributed by atoms with Gasteiger partial charge in [0.2, 0.25) is 0 Å². The first-order valence-corrected chi connectivity index (χ1v) is 5.79. The van der Waals surface area contributed by atoms with E-state index in [9.17, 15) is 4.79 Å². The van der Waals surface area contributed by atoms with Crippen LogP contribution in [0.3, 0.4) is 0 Å². The molecule has 4 heteroatoms. The Morgan fingerprint density at radius 2 is 2.06 bits per heavy atom. The number of pyridine rings is 1. The average Bonchev–Trinajstić information content (AvgIpc) is 2.27. The second-order valence-electron chi connectivity index (χ2n) is 5.23. The second-order valence-corrected chi connectivity index (χ2v) is 5.23. The first-order chi connectivity index (χ1) is 7.86. The van der Waals surface area contributed by atoms with Crippen LogP contribution >= 0.6 is 0 Å². The first kappa shape index (κ1) is 13.5. The third-order valence-corrected chi connectivity index (χ3v) is 2.98. The molecule has 2 N–H and O–H groups in total. The van der Waals surface area contributed by atoms with Crippen LogP contribution in [0.1, 0.15) is 38.1 Å². The summed E-state index contributed by atoms with van der Waals surface area (Å²) in [4.78, 5) is 16.1. The van der Waals surface area contributed by atoms with Gasteiger partial charge in [0.05, 0.1) is 17.4 Å². The smallest absolute Gasteiger partial charge is 0.253 e. The van der Waals surface area contributed by atoms with Crippen molar-refractivity contribution < 1.29 is 4.79 Å². The number of carbonyl (C=O) groups is 1. The molecule has 1 aromatic rings. The van der Waals surface area contributed by atoms with Gasteiger partial charge >= 0.3 is 0 Å². The molecule has 1 amide bonds. The number of nitrogens with zero attached hydrogens (tertiary/aromatic N) is 1. The third-order valence-electron chi connectivity index (χ3n) is 2.98. The number of hydrogen-bond acceptors (Lipinski definition) is 3. The van der Waals surface area contributed by atoms with Crippen molar-refractivity contribution in [2.24, 2.45) is 5.41 Å². The molecule has 0 fully saturated rings. The Labute approximate surface area is 103 Å². The summed E-state index contributed by atoms with van der Waals surface area (Å²) in [5.74, 6) is -0.0702. The van der Waals surface area contributed by atoms with Crippen LogP contribution in [-0.2, 0) is 0 Å². The molecule has 0 aliphatic carbocycles. The van der Waals surface area contributed by atoms with E-state index in [1.807, 2.05) is 6.92 Å². The van der Waals surface area contributed by atoms with Crippen LogP contribution < -0.4 is 10.6 Å². The highest BCUT2D eigenvalue weighted by Crippen LogP contribution is 2.20. The lowest BCUT2D eigenvalue weighted by atomic mass is 9.88. The highest BCUT2D eigenvalue weighted by molar-refractivity contribution is 5.99. The number of anilines is 1. The molecule has 0 aliphatic rings. The van der Waals surface area contributed by atoms with Gasteiger partial charge in [-0.05, 0) is 18.4 Å². The zero-order chi connectivity index (χ0) is 13.1. The Morgan fingerprint density at radius 3 is 2.59 bits per heavy atom. The molecular formula is C13H21N3O. The zero-order valence-corrected chi connectivity index (χ0v) is 11.2. The largest absolute Gasteiger partial charge is 0.386 e. The number of hydrogen-bond donors (Lipinski definition) is 2. The van der Waals surface area contributed by atoms with Gasteiger partial charge in [-0.15, -0.1) is 0 Å². The fourth-order valence-corrected chi connectivity index (χ4v) is 1.28. The van der Waals surface area contributed by atoms with E-state index < -0.39 is 0 Å². The Balaban J connectivity index is 2.84. The topological polar surface area (TPSA) is 54.0 Å². The lowest BCUT2D eigenvalue weighted by molar-refractivity contribution is 0.0911. The predicted octanol–water partition coefficient (Wildman–Crippen LogP) is 2.29. The summed E-state index contributed by atoms with van der Waals surface area (Å²) in [7, 11) is 1.78. The van der Waals surface area contributed by atoms with Gasteiger partial charge in [-0.25, -0.2) is 0 Å². The summed E-state index contributed by atoms with van der Waals surface area (Å²) >= 11 is 0. The minimum Gasteiger partial charge on any atom is -0.386 e. The third kappa shape index (κ3) is 3.44. The maximum Gasteiger partial charge on any atom is 0.253 e. The van der Waals surface area contributed by atoms with Gasteiger partial charge in [0.15, 0.2) is 0 Å². The highest BCUT2D eigenvalue weighted by atomic mass is 16.1. The van der Waals surface area contributed by atoms with E-state index in [-0.39, 0.29) is 17.4 Å². The molecule has 0 aromatic carbocycles. The van der Waals surface area contributed by atoms with Crippen LogP contribution in [0, 0.1) is 5.41 Å². The molecule has 4 nitrogen and oxygen atoms in total.